The number of anilines is 1. The van der Waals surface area contributed by atoms with Gasteiger partial charge in [0.15, 0.2) is 5.65 Å². The summed E-state index contributed by atoms with van der Waals surface area (Å²) >= 11 is 0. The normalized spacial score (nSPS) is 11.0. The minimum absolute atomic E-state index is 0.602. The molecular weight excluding hydrogens is 364 g/mol. The van der Waals surface area contributed by atoms with Gasteiger partial charge in [0.25, 0.3) is 0 Å². The van der Waals surface area contributed by atoms with Crippen LogP contribution in [0.4, 0.5) is 5.82 Å². The van der Waals surface area contributed by atoms with Crippen molar-refractivity contribution < 1.29 is 9.47 Å². The highest BCUT2D eigenvalue weighted by Crippen LogP contribution is 2.35. The van der Waals surface area contributed by atoms with Gasteiger partial charge < -0.3 is 19.4 Å². The first kappa shape index (κ1) is 19.0. The minimum atomic E-state index is 0.602. The zero-order chi connectivity index (χ0) is 20.2. The molecule has 0 aliphatic rings. The second-order valence-electron chi connectivity index (χ2n) is 6.77. The third-order valence-electron chi connectivity index (χ3n) is 4.92. The van der Waals surface area contributed by atoms with Crippen molar-refractivity contribution in [2.24, 2.45) is 0 Å². The maximum atomic E-state index is 5.42. The summed E-state index contributed by atoms with van der Waals surface area (Å²) in [4.78, 5) is 9.12. The first-order valence-corrected chi connectivity index (χ1v) is 9.52. The predicted molar refractivity (Wildman–Crippen MR) is 116 cm³/mol. The molecule has 0 amide bonds. The highest BCUT2D eigenvalue weighted by Gasteiger charge is 2.17. The van der Waals surface area contributed by atoms with Crippen molar-refractivity contribution >= 4 is 16.9 Å². The minimum Gasteiger partial charge on any atom is -0.496 e. The number of aryl methyl sites for hydroxylation is 1. The Morgan fingerprint density at radius 1 is 1.03 bits per heavy atom. The van der Waals surface area contributed by atoms with E-state index in [9.17, 15) is 0 Å². The number of hydrogen-bond donors (Lipinski definition) is 1. The smallest absolute Gasteiger partial charge is 0.150 e. The molecule has 2 heterocycles. The van der Waals surface area contributed by atoms with Gasteiger partial charge in [-0.3, -0.25) is 0 Å². The highest BCUT2D eigenvalue weighted by atomic mass is 16.5. The summed E-state index contributed by atoms with van der Waals surface area (Å²) in [5.41, 5.74) is 5.14. The van der Waals surface area contributed by atoms with E-state index in [4.69, 9.17) is 9.47 Å². The van der Waals surface area contributed by atoms with Crippen LogP contribution >= 0.6 is 0 Å². The maximum Gasteiger partial charge on any atom is 0.150 e. The highest BCUT2D eigenvalue weighted by molar-refractivity contribution is 6.02. The number of benzene rings is 2. The van der Waals surface area contributed by atoms with Crippen LogP contribution < -0.4 is 10.1 Å². The van der Waals surface area contributed by atoms with Crippen LogP contribution in [-0.2, 0) is 4.74 Å². The number of nitrogens with zero attached hydrogens (tertiary/aromatic N) is 3. The zero-order valence-electron chi connectivity index (χ0n) is 16.8. The van der Waals surface area contributed by atoms with Crippen LogP contribution in [0.1, 0.15) is 5.56 Å². The molecule has 4 rings (SSSR count). The molecule has 1 N–H and O–H groups in total. The molecule has 148 valence electrons. The Labute approximate surface area is 170 Å². The predicted octanol–water partition coefficient (Wildman–Crippen LogP) is 4.46. The van der Waals surface area contributed by atoms with E-state index in [0.29, 0.717) is 13.2 Å². The second-order valence-corrected chi connectivity index (χ2v) is 6.77. The third-order valence-corrected chi connectivity index (χ3v) is 4.92. The van der Waals surface area contributed by atoms with E-state index >= 15 is 0 Å². The monoisotopic (exact) mass is 388 g/mol. The Morgan fingerprint density at radius 3 is 2.59 bits per heavy atom. The van der Waals surface area contributed by atoms with E-state index in [2.05, 4.69) is 44.2 Å². The summed E-state index contributed by atoms with van der Waals surface area (Å²) < 4.78 is 12.7. The number of hydrogen-bond acceptors (Lipinski definition) is 5. The molecule has 0 saturated heterocycles. The van der Waals surface area contributed by atoms with Crippen molar-refractivity contribution in [3.63, 3.8) is 0 Å². The molecule has 4 aromatic rings. The fourth-order valence-electron chi connectivity index (χ4n) is 3.51. The molecule has 0 aliphatic carbocycles. The first-order chi connectivity index (χ1) is 14.2. The molecule has 29 heavy (non-hydrogen) atoms. The van der Waals surface area contributed by atoms with Crippen LogP contribution in [0, 0.1) is 6.92 Å². The molecule has 6 heteroatoms. The van der Waals surface area contributed by atoms with Crippen LogP contribution in [0.25, 0.3) is 27.8 Å². The van der Waals surface area contributed by atoms with Crippen LogP contribution in [0.15, 0.2) is 61.1 Å². The molecule has 0 unspecified atom stereocenters. The molecule has 2 aromatic carbocycles. The lowest BCUT2D eigenvalue weighted by Gasteiger charge is -2.10. The average molecular weight is 388 g/mol. The quantitative estimate of drug-likeness (QED) is 0.474. The van der Waals surface area contributed by atoms with Crippen LogP contribution in [-0.4, -0.2) is 41.9 Å². The van der Waals surface area contributed by atoms with Gasteiger partial charge in [-0.2, -0.15) is 0 Å². The summed E-state index contributed by atoms with van der Waals surface area (Å²) in [5.74, 6) is 1.67. The van der Waals surface area contributed by atoms with Gasteiger partial charge in [-0.05, 0) is 36.2 Å². The SMILES string of the molecule is COCCNc1ncnc2c1c(-c1ccccc1)cn2-c1ccc(OC)c(C)c1. The van der Waals surface area contributed by atoms with E-state index < -0.39 is 0 Å². The fraction of sp³-hybridized carbons (Fsp3) is 0.217. The van der Waals surface area contributed by atoms with Gasteiger partial charge in [0.05, 0.1) is 19.1 Å². The molecule has 2 aromatic heterocycles. The van der Waals surface area contributed by atoms with E-state index in [1.165, 1.54) is 0 Å². The Bertz CT molecular complexity index is 1120. The topological polar surface area (TPSA) is 61.2 Å². The van der Waals surface area contributed by atoms with Crippen LogP contribution in [0.3, 0.4) is 0 Å². The van der Waals surface area contributed by atoms with Crippen LogP contribution in [0.5, 0.6) is 5.75 Å². The van der Waals surface area contributed by atoms with Crippen molar-refractivity contribution in [1.82, 2.24) is 14.5 Å². The maximum absolute atomic E-state index is 5.42. The van der Waals surface area contributed by atoms with E-state index in [-0.39, 0.29) is 0 Å². The van der Waals surface area contributed by atoms with Crippen molar-refractivity contribution in [3.05, 3.63) is 66.6 Å². The number of rotatable bonds is 7. The Balaban J connectivity index is 1.92. The summed E-state index contributed by atoms with van der Waals surface area (Å²) in [5, 5.41) is 4.37. The van der Waals surface area contributed by atoms with Crippen LogP contribution in [0.2, 0.25) is 0 Å². The third kappa shape index (κ3) is 3.67. The Kier molecular flexibility index (Phi) is 5.44. The average Bonchev–Trinajstić information content (AvgIpc) is 3.15. The van der Waals surface area contributed by atoms with Crippen molar-refractivity contribution in [1.29, 1.82) is 0 Å². The molecule has 0 saturated carbocycles. The Hall–Kier alpha value is -3.38. The number of nitrogens with one attached hydrogen (secondary N) is 1. The Morgan fingerprint density at radius 2 is 1.86 bits per heavy atom. The van der Waals surface area contributed by atoms with Gasteiger partial charge in [0, 0.05) is 31.1 Å². The summed E-state index contributed by atoms with van der Waals surface area (Å²) in [6.07, 6.45) is 3.72. The van der Waals surface area contributed by atoms with Crippen molar-refractivity contribution in [2.75, 3.05) is 32.7 Å². The van der Waals surface area contributed by atoms with Crippen molar-refractivity contribution in [3.8, 4) is 22.6 Å². The summed E-state index contributed by atoms with van der Waals surface area (Å²) in [7, 11) is 3.38. The number of ether oxygens (including phenoxy) is 2. The molecule has 0 atom stereocenters. The lowest BCUT2D eigenvalue weighted by atomic mass is 10.1. The van der Waals surface area contributed by atoms with Gasteiger partial charge in [-0.1, -0.05) is 30.3 Å². The van der Waals surface area contributed by atoms with E-state index in [0.717, 1.165) is 45.0 Å². The standard InChI is InChI=1S/C23H24N4O2/c1-16-13-18(9-10-20(16)29-3)27-14-19(17-7-5-4-6-8-17)21-22(24-11-12-28-2)25-15-26-23(21)27/h4-10,13-15H,11-12H2,1-3H3,(H,24,25,26). The number of fused-ring (bicyclic) bond motifs is 1. The van der Waals surface area contributed by atoms with Gasteiger partial charge in [0.1, 0.15) is 17.9 Å². The lowest BCUT2D eigenvalue weighted by Crippen LogP contribution is -2.09. The first-order valence-electron chi connectivity index (χ1n) is 9.52. The van der Waals surface area contributed by atoms with Crippen molar-refractivity contribution in [2.45, 2.75) is 6.92 Å². The molecule has 0 fully saturated rings. The summed E-state index contributed by atoms with van der Waals surface area (Å²) in [6.45, 7) is 3.31. The molecule has 0 bridgehead atoms. The number of methoxy groups -OCH3 is 2. The molecule has 0 radical (unpaired) electrons. The van der Waals surface area contributed by atoms with Gasteiger partial charge >= 0.3 is 0 Å². The summed E-state index contributed by atoms with van der Waals surface area (Å²) in [6, 6.07) is 16.4. The second kappa shape index (κ2) is 8.32. The van der Waals surface area contributed by atoms with Gasteiger partial charge in [-0.25, -0.2) is 9.97 Å². The molecular formula is C23H24N4O2. The largest absolute Gasteiger partial charge is 0.496 e. The molecule has 0 aliphatic heterocycles. The fourth-order valence-corrected chi connectivity index (χ4v) is 3.51. The van der Waals surface area contributed by atoms with Gasteiger partial charge in [0.2, 0.25) is 0 Å². The lowest BCUT2D eigenvalue weighted by molar-refractivity contribution is 0.210. The van der Waals surface area contributed by atoms with Gasteiger partial charge in [-0.15, -0.1) is 0 Å². The molecule has 6 nitrogen and oxygen atoms in total. The van der Waals surface area contributed by atoms with E-state index in [1.807, 2.05) is 37.3 Å². The molecule has 0 spiro atoms. The zero-order valence-corrected chi connectivity index (χ0v) is 16.8. The van der Waals surface area contributed by atoms with E-state index in [1.54, 1.807) is 20.5 Å². The number of aromatic nitrogens is 3.